The molecule has 0 bridgehead atoms. The number of carboxylic acid groups (broad SMARTS) is 1. The number of carbonyl (C=O) groups excluding carboxylic acids is 1. The number of aromatic nitrogens is 3. The normalized spacial score (nSPS) is 18.6. The van der Waals surface area contributed by atoms with Gasteiger partial charge in [0.1, 0.15) is 5.69 Å². The Morgan fingerprint density at radius 2 is 2.07 bits per heavy atom. The van der Waals surface area contributed by atoms with Gasteiger partial charge in [-0.25, -0.2) is 9.48 Å². The minimum atomic E-state index is -0.987. The van der Waals surface area contributed by atoms with Crippen molar-refractivity contribution in [2.45, 2.75) is 58.8 Å². The molecule has 2 amide bonds. The van der Waals surface area contributed by atoms with Gasteiger partial charge in [-0.15, -0.1) is 5.10 Å². The second-order valence-corrected chi connectivity index (χ2v) is 7.64. The number of aliphatic hydroxyl groups is 1. The third kappa shape index (κ3) is 3.95. The van der Waals surface area contributed by atoms with Gasteiger partial charge < -0.3 is 15.1 Å². The van der Waals surface area contributed by atoms with Crippen LogP contribution in [-0.2, 0) is 11.3 Å². The van der Waals surface area contributed by atoms with Crippen LogP contribution >= 0.6 is 0 Å². The van der Waals surface area contributed by atoms with E-state index in [2.05, 4.69) is 10.3 Å². The van der Waals surface area contributed by atoms with Gasteiger partial charge in [0.2, 0.25) is 5.91 Å². The summed E-state index contributed by atoms with van der Waals surface area (Å²) >= 11 is 0. The lowest BCUT2D eigenvalue weighted by Crippen LogP contribution is -2.48. The quantitative estimate of drug-likeness (QED) is 0.796. The lowest BCUT2D eigenvalue weighted by atomic mass is 9.88. The van der Waals surface area contributed by atoms with Crippen LogP contribution in [-0.4, -0.2) is 60.8 Å². The molecular weight excluding hydrogens is 374 g/mol. The number of rotatable bonds is 5. The molecule has 9 heteroatoms. The SMILES string of the molecule is CC(=O)N1c2ccc(-c3cn(CCO)nn3)cc2[C@H](N(C(=O)O)C(C)C)C[C@@H]1C. The molecule has 0 saturated carbocycles. The van der Waals surface area contributed by atoms with E-state index in [4.69, 9.17) is 5.11 Å². The molecule has 29 heavy (non-hydrogen) atoms. The summed E-state index contributed by atoms with van der Waals surface area (Å²) in [6.07, 6.45) is 1.26. The fraction of sp³-hybridized carbons (Fsp3) is 0.500. The van der Waals surface area contributed by atoms with Gasteiger partial charge in [0.25, 0.3) is 0 Å². The first-order valence-electron chi connectivity index (χ1n) is 9.71. The van der Waals surface area contributed by atoms with Crippen molar-refractivity contribution in [2.24, 2.45) is 0 Å². The van der Waals surface area contributed by atoms with Crippen LogP contribution < -0.4 is 4.90 Å². The van der Waals surface area contributed by atoms with E-state index in [-0.39, 0.29) is 30.6 Å². The zero-order valence-electron chi connectivity index (χ0n) is 17.1. The first-order valence-corrected chi connectivity index (χ1v) is 9.71. The molecule has 0 spiro atoms. The second kappa shape index (κ2) is 8.20. The first-order chi connectivity index (χ1) is 13.7. The number of carbonyl (C=O) groups is 2. The van der Waals surface area contributed by atoms with Crippen LogP contribution in [0.5, 0.6) is 0 Å². The maximum Gasteiger partial charge on any atom is 0.408 e. The van der Waals surface area contributed by atoms with E-state index in [9.17, 15) is 14.7 Å². The Labute approximate surface area is 169 Å². The maximum absolute atomic E-state index is 12.3. The summed E-state index contributed by atoms with van der Waals surface area (Å²) in [6, 6.07) is 4.89. The minimum Gasteiger partial charge on any atom is -0.465 e. The van der Waals surface area contributed by atoms with Crippen LogP contribution in [0.1, 0.15) is 45.7 Å². The highest BCUT2D eigenvalue weighted by Crippen LogP contribution is 2.42. The molecule has 1 aromatic heterocycles. The Kier molecular flexibility index (Phi) is 5.88. The van der Waals surface area contributed by atoms with Gasteiger partial charge in [-0.1, -0.05) is 11.3 Å². The highest BCUT2D eigenvalue weighted by molar-refractivity contribution is 5.94. The third-order valence-corrected chi connectivity index (χ3v) is 5.27. The standard InChI is InChI=1S/C20H27N5O4/c1-12(2)24(20(28)29)19-9-13(3)25(14(4)27)18-6-5-15(10-16(18)19)17-11-23(7-8-26)22-21-17/h5-6,10-13,19,26H,7-9H2,1-4H3,(H,28,29)/t13-,19+/m0/s1. The summed E-state index contributed by atoms with van der Waals surface area (Å²) in [5.41, 5.74) is 2.91. The molecule has 2 atom stereocenters. The maximum atomic E-state index is 12.3. The van der Waals surface area contributed by atoms with E-state index in [0.29, 0.717) is 18.7 Å². The second-order valence-electron chi connectivity index (χ2n) is 7.64. The van der Waals surface area contributed by atoms with Crippen molar-refractivity contribution in [3.63, 3.8) is 0 Å². The number of hydrogen-bond donors (Lipinski definition) is 2. The Bertz CT molecular complexity index is 910. The van der Waals surface area contributed by atoms with E-state index in [1.54, 1.807) is 15.8 Å². The average molecular weight is 401 g/mol. The summed E-state index contributed by atoms with van der Waals surface area (Å²) in [4.78, 5) is 27.5. The highest BCUT2D eigenvalue weighted by Gasteiger charge is 2.38. The van der Waals surface area contributed by atoms with E-state index < -0.39 is 6.09 Å². The van der Waals surface area contributed by atoms with Crippen molar-refractivity contribution in [1.29, 1.82) is 0 Å². The molecule has 0 fully saturated rings. The number of anilines is 1. The Morgan fingerprint density at radius 1 is 1.34 bits per heavy atom. The Morgan fingerprint density at radius 3 is 2.66 bits per heavy atom. The molecule has 0 aliphatic carbocycles. The predicted molar refractivity (Wildman–Crippen MR) is 108 cm³/mol. The summed E-state index contributed by atoms with van der Waals surface area (Å²) in [7, 11) is 0. The van der Waals surface area contributed by atoms with Gasteiger partial charge in [0, 0.05) is 30.3 Å². The largest absolute Gasteiger partial charge is 0.465 e. The Balaban J connectivity index is 2.12. The number of hydrogen-bond acceptors (Lipinski definition) is 5. The molecule has 1 aliphatic heterocycles. The number of aliphatic hydroxyl groups excluding tert-OH is 1. The van der Waals surface area contributed by atoms with Gasteiger partial charge >= 0.3 is 6.09 Å². The first kappa shape index (κ1) is 20.8. The number of benzene rings is 1. The van der Waals surface area contributed by atoms with Crippen LogP contribution in [0.15, 0.2) is 24.4 Å². The molecule has 0 radical (unpaired) electrons. The highest BCUT2D eigenvalue weighted by atomic mass is 16.4. The molecular formula is C20H27N5O4. The van der Waals surface area contributed by atoms with Crippen LogP contribution in [0.3, 0.4) is 0 Å². The molecule has 1 aromatic carbocycles. The molecule has 0 unspecified atom stereocenters. The predicted octanol–water partition coefficient (Wildman–Crippen LogP) is 2.51. The lowest BCUT2D eigenvalue weighted by molar-refractivity contribution is -0.117. The zero-order chi connectivity index (χ0) is 21.3. The Hall–Kier alpha value is -2.94. The van der Waals surface area contributed by atoms with Crippen LogP contribution in [0.25, 0.3) is 11.3 Å². The molecule has 2 N–H and O–H groups in total. The van der Waals surface area contributed by atoms with Gasteiger partial charge in [0.15, 0.2) is 0 Å². The number of nitrogens with zero attached hydrogens (tertiary/aromatic N) is 5. The monoisotopic (exact) mass is 401 g/mol. The van der Waals surface area contributed by atoms with E-state index in [1.165, 1.54) is 11.8 Å². The molecule has 1 aliphatic rings. The van der Waals surface area contributed by atoms with E-state index in [0.717, 1.165) is 16.8 Å². The van der Waals surface area contributed by atoms with Crippen molar-refractivity contribution in [3.8, 4) is 11.3 Å². The summed E-state index contributed by atoms with van der Waals surface area (Å²) in [5.74, 6) is -0.0785. The van der Waals surface area contributed by atoms with Crippen LogP contribution in [0.4, 0.5) is 10.5 Å². The zero-order valence-corrected chi connectivity index (χ0v) is 17.1. The van der Waals surface area contributed by atoms with Gasteiger partial charge in [-0.2, -0.15) is 0 Å². The van der Waals surface area contributed by atoms with Gasteiger partial charge in [-0.05, 0) is 44.9 Å². The molecule has 156 valence electrons. The van der Waals surface area contributed by atoms with Gasteiger partial charge in [-0.3, -0.25) is 9.69 Å². The molecule has 2 aromatic rings. The molecule has 9 nitrogen and oxygen atoms in total. The average Bonchev–Trinajstić information content (AvgIpc) is 3.09. The fourth-order valence-corrected chi connectivity index (χ4v) is 4.09. The van der Waals surface area contributed by atoms with Crippen LogP contribution in [0.2, 0.25) is 0 Å². The molecule has 3 rings (SSSR count). The van der Waals surface area contributed by atoms with E-state index in [1.807, 2.05) is 39.0 Å². The van der Waals surface area contributed by atoms with Crippen molar-refractivity contribution >= 4 is 17.7 Å². The summed E-state index contributed by atoms with van der Waals surface area (Å²) in [6.45, 7) is 7.46. The smallest absolute Gasteiger partial charge is 0.408 e. The summed E-state index contributed by atoms with van der Waals surface area (Å²) in [5, 5.41) is 27.1. The number of amides is 2. The van der Waals surface area contributed by atoms with Crippen molar-refractivity contribution in [1.82, 2.24) is 19.9 Å². The molecule has 0 saturated heterocycles. The van der Waals surface area contributed by atoms with Crippen LogP contribution in [0, 0.1) is 0 Å². The van der Waals surface area contributed by atoms with Crippen molar-refractivity contribution in [2.75, 3.05) is 11.5 Å². The molecule has 2 heterocycles. The minimum absolute atomic E-state index is 0.0392. The van der Waals surface area contributed by atoms with Crippen molar-refractivity contribution in [3.05, 3.63) is 30.0 Å². The van der Waals surface area contributed by atoms with E-state index >= 15 is 0 Å². The fourth-order valence-electron chi connectivity index (χ4n) is 4.09. The lowest BCUT2D eigenvalue weighted by Gasteiger charge is -2.43. The third-order valence-electron chi connectivity index (χ3n) is 5.27. The topological polar surface area (TPSA) is 112 Å². The summed E-state index contributed by atoms with van der Waals surface area (Å²) < 4.78 is 1.55. The number of fused-ring (bicyclic) bond motifs is 1. The van der Waals surface area contributed by atoms with Crippen molar-refractivity contribution < 1.29 is 19.8 Å². The van der Waals surface area contributed by atoms with Gasteiger partial charge in [0.05, 0.1) is 25.4 Å².